The van der Waals surface area contributed by atoms with Crippen LogP contribution in [0.2, 0.25) is 5.15 Å². The lowest BCUT2D eigenvalue weighted by Gasteiger charge is -2.21. The molecule has 6 nitrogen and oxygen atoms in total. The number of carboxylic acid groups (broad SMARTS) is 1. The number of aromatic hydroxyl groups is 1. The molecule has 1 amide bonds. The van der Waals surface area contributed by atoms with Crippen LogP contribution < -0.4 is 4.90 Å². The zero-order chi connectivity index (χ0) is 15.4. The van der Waals surface area contributed by atoms with Crippen molar-refractivity contribution < 1.29 is 19.8 Å². The second kappa shape index (κ2) is 6.23. The SMILES string of the molecule is O=C(O)CN(C(=O)c1cccnc1Cl)c1ccc(O)cc1. The van der Waals surface area contributed by atoms with Gasteiger partial charge >= 0.3 is 5.97 Å². The van der Waals surface area contributed by atoms with Crippen molar-refractivity contribution in [3.63, 3.8) is 0 Å². The number of carbonyl (C=O) groups excluding carboxylic acids is 1. The lowest BCUT2D eigenvalue weighted by molar-refractivity contribution is -0.135. The van der Waals surface area contributed by atoms with Crippen molar-refractivity contribution in [2.24, 2.45) is 0 Å². The van der Waals surface area contributed by atoms with Crippen molar-refractivity contribution >= 4 is 29.2 Å². The molecule has 7 heteroatoms. The summed E-state index contributed by atoms with van der Waals surface area (Å²) in [5.74, 6) is -1.74. The van der Waals surface area contributed by atoms with Crippen LogP contribution in [0.3, 0.4) is 0 Å². The highest BCUT2D eigenvalue weighted by atomic mass is 35.5. The number of hydrogen-bond donors (Lipinski definition) is 2. The summed E-state index contributed by atoms with van der Waals surface area (Å²) in [6.45, 7) is -0.533. The van der Waals surface area contributed by atoms with E-state index in [0.29, 0.717) is 5.69 Å². The van der Waals surface area contributed by atoms with Gasteiger partial charge in [0.15, 0.2) is 0 Å². The van der Waals surface area contributed by atoms with E-state index in [1.165, 1.54) is 42.6 Å². The number of benzene rings is 1. The van der Waals surface area contributed by atoms with Gasteiger partial charge in [0.05, 0.1) is 5.56 Å². The molecular weight excluding hydrogens is 296 g/mol. The number of halogens is 1. The Morgan fingerprint density at radius 3 is 2.43 bits per heavy atom. The summed E-state index contributed by atoms with van der Waals surface area (Å²) in [5, 5.41) is 18.2. The second-order valence-corrected chi connectivity index (χ2v) is 4.50. The number of rotatable bonds is 4. The monoisotopic (exact) mass is 306 g/mol. The number of pyridine rings is 1. The maximum Gasteiger partial charge on any atom is 0.323 e. The van der Waals surface area contributed by atoms with Crippen molar-refractivity contribution in [2.45, 2.75) is 0 Å². The smallest absolute Gasteiger partial charge is 0.323 e. The molecule has 0 saturated carbocycles. The summed E-state index contributed by atoms with van der Waals surface area (Å²) in [5.41, 5.74) is 0.439. The molecule has 0 unspecified atom stereocenters. The maximum atomic E-state index is 12.5. The first-order valence-electron chi connectivity index (χ1n) is 5.92. The van der Waals surface area contributed by atoms with Gasteiger partial charge in [-0.15, -0.1) is 0 Å². The van der Waals surface area contributed by atoms with Crippen LogP contribution >= 0.6 is 11.6 Å². The van der Waals surface area contributed by atoms with Gasteiger partial charge in [0.1, 0.15) is 17.4 Å². The van der Waals surface area contributed by atoms with Gasteiger partial charge in [0, 0.05) is 11.9 Å². The molecule has 1 aromatic heterocycles. The van der Waals surface area contributed by atoms with Crippen LogP contribution in [0.4, 0.5) is 5.69 Å². The predicted octanol–water partition coefficient (Wildman–Crippen LogP) is 2.17. The van der Waals surface area contributed by atoms with E-state index in [4.69, 9.17) is 16.7 Å². The predicted molar refractivity (Wildman–Crippen MR) is 76.7 cm³/mol. The Balaban J connectivity index is 2.40. The molecule has 21 heavy (non-hydrogen) atoms. The number of aromatic nitrogens is 1. The summed E-state index contributed by atoms with van der Waals surface area (Å²) in [6, 6.07) is 8.62. The molecule has 1 heterocycles. The molecule has 2 aromatic rings. The lowest BCUT2D eigenvalue weighted by atomic mass is 10.2. The van der Waals surface area contributed by atoms with Crippen LogP contribution in [0.25, 0.3) is 0 Å². The van der Waals surface area contributed by atoms with Gasteiger partial charge in [-0.25, -0.2) is 4.98 Å². The van der Waals surface area contributed by atoms with E-state index in [1.54, 1.807) is 0 Å². The largest absolute Gasteiger partial charge is 0.508 e. The third kappa shape index (κ3) is 3.49. The van der Waals surface area contributed by atoms with Gasteiger partial charge in [-0.1, -0.05) is 11.6 Å². The molecule has 0 aliphatic rings. The summed E-state index contributed by atoms with van der Waals surface area (Å²) in [7, 11) is 0. The first kappa shape index (κ1) is 14.8. The summed E-state index contributed by atoms with van der Waals surface area (Å²) < 4.78 is 0. The number of nitrogens with zero attached hydrogens (tertiary/aromatic N) is 2. The fourth-order valence-corrected chi connectivity index (χ4v) is 1.94. The standard InChI is InChI=1S/C14H11ClN2O4/c15-13-11(2-1-7-16-13)14(21)17(8-12(19)20)9-3-5-10(18)6-4-9/h1-7,18H,8H2,(H,19,20). The Kier molecular flexibility index (Phi) is 4.39. The number of phenolic OH excluding ortho intramolecular Hbond substituents is 1. The van der Waals surface area contributed by atoms with Gasteiger partial charge in [0.2, 0.25) is 0 Å². The first-order valence-corrected chi connectivity index (χ1v) is 6.30. The number of anilines is 1. The Bertz CT molecular complexity index is 673. The molecule has 2 N–H and O–H groups in total. The van der Waals surface area contributed by atoms with Crippen LogP contribution in [-0.4, -0.2) is 33.6 Å². The molecule has 0 fully saturated rings. The van der Waals surface area contributed by atoms with Crippen LogP contribution in [0.15, 0.2) is 42.6 Å². The van der Waals surface area contributed by atoms with Gasteiger partial charge in [0.25, 0.3) is 5.91 Å². The van der Waals surface area contributed by atoms with Crippen molar-refractivity contribution in [2.75, 3.05) is 11.4 Å². The lowest BCUT2D eigenvalue weighted by Crippen LogP contribution is -2.36. The molecule has 1 aromatic carbocycles. The molecule has 2 rings (SSSR count). The molecule has 0 bridgehead atoms. The Hall–Kier alpha value is -2.60. The van der Waals surface area contributed by atoms with Crippen molar-refractivity contribution in [1.29, 1.82) is 0 Å². The molecule has 0 aliphatic carbocycles. The summed E-state index contributed by atoms with van der Waals surface area (Å²) in [6.07, 6.45) is 1.43. The number of hydrogen-bond acceptors (Lipinski definition) is 4. The van der Waals surface area contributed by atoms with E-state index in [0.717, 1.165) is 4.90 Å². The third-order valence-corrected chi connectivity index (χ3v) is 2.99. The minimum Gasteiger partial charge on any atom is -0.508 e. The van der Waals surface area contributed by atoms with Crippen molar-refractivity contribution in [1.82, 2.24) is 4.98 Å². The Labute approximate surface area is 125 Å². The summed E-state index contributed by atoms with van der Waals surface area (Å²) in [4.78, 5) is 28.3. The van der Waals surface area contributed by atoms with Gasteiger partial charge in [-0.2, -0.15) is 0 Å². The van der Waals surface area contributed by atoms with E-state index in [1.807, 2.05) is 0 Å². The number of amides is 1. The third-order valence-electron chi connectivity index (χ3n) is 2.69. The van der Waals surface area contributed by atoms with E-state index in [-0.39, 0.29) is 16.5 Å². The average molecular weight is 307 g/mol. The number of carbonyl (C=O) groups is 2. The van der Waals surface area contributed by atoms with Gasteiger partial charge < -0.3 is 10.2 Å². The minimum atomic E-state index is -1.17. The van der Waals surface area contributed by atoms with E-state index in [9.17, 15) is 14.7 Å². The zero-order valence-electron chi connectivity index (χ0n) is 10.7. The molecule has 0 spiro atoms. The fourth-order valence-electron chi connectivity index (χ4n) is 1.74. The van der Waals surface area contributed by atoms with Crippen LogP contribution in [0.1, 0.15) is 10.4 Å². The maximum absolute atomic E-state index is 12.5. The number of carboxylic acids is 1. The highest BCUT2D eigenvalue weighted by molar-refractivity contribution is 6.33. The molecule has 0 atom stereocenters. The minimum absolute atomic E-state index is 0.00309. The zero-order valence-corrected chi connectivity index (χ0v) is 11.5. The second-order valence-electron chi connectivity index (χ2n) is 4.14. The fraction of sp³-hybridized carbons (Fsp3) is 0.0714. The van der Waals surface area contributed by atoms with Gasteiger partial charge in [-0.05, 0) is 36.4 Å². The number of aliphatic carboxylic acids is 1. The molecular formula is C14H11ClN2O4. The van der Waals surface area contributed by atoms with Crippen molar-refractivity contribution in [3.05, 3.63) is 53.3 Å². The van der Waals surface area contributed by atoms with E-state index in [2.05, 4.69) is 4.98 Å². The number of phenols is 1. The molecule has 0 radical (unpaired) electrons. The first-order chi connectivity index (χ1) is 9.99. The molecule has 0 aliphatic heterocycles. The van der Waals surface area contributed by atoms with E-state index < -0.39 is 18.4 Å². The highest BCUT2D eigenvalue weighted by Crippen LogP contribution is 2.22. The van der Waals surface area contributed by atoms with Crippen molar-refractivity contribution in [3.8, 4) is 5.75 Å². The average Bonchev–Trinajstić information content (AvgIpc) is 2.45. The van der Waals surface area contributed by atoms with E-state index >= 15 is 0 Å². The van der Waals surface area contributed by atoms with Crippen LogP contribution in [0, 0.1) is 0 Å². The van der Waals surface area contributed by atoms with Crippen LogP contribution in [0.5, 0.6) is 5.75 Å². The topological polar surface area (TPSA) is 90.7 Å². The van der Waals surface area contributed by atoms with Gasteiger partial charge in [-0.3, -0.25) is 14.5 Å². The quantitative estimate of drug-likeness (QED) is 0.845. The highest BCUT2D eigenvalue weighted by Gasteiger charge is 2.22. The Morgan fingerprint density at radius 2 is 1.86 bits per heavy atom. The van der Waals surface area contributed by atoms with Crippen LogP contribution in [-0.2, 0) is 4.79 Å². The Morgan fingerprint density at radius 1 is 1.19 bits per heavy atom. The molecule has 0 saturated heterocycles. The normalized spacial score (nSPS) is 10.1. The molecule has 108 valence electrons. The summed E-state index contributed by atoms with van der Waals surface area (Å²) >= 11 is 5.87.